The van der Waals surface area contributed by atoms with Gasteiger partial charge in [-0.1, -0.05) is 18.2 Å². The molecule has 0 aromatic heterocycles. The van der Waals surface area contributed by atoms with Crippen molar-refractivity contribution in [3.05, 3.63) is 65.4 Å². The van der Waals surface area contributed by atoms with Gasteiger partial charge >= 0.3 is 5.97 Å². The van der Waals surface area contributed by atoms with Gasteiger partial charge in [0.15, 0.2) is 5.70 Å². The maximum atomic E-state index is 12.3. The van der Waals surface area contributed by atoms with Crippen molar-refractivity contribution >= 4 is 28.0 Å². The lowest BCUT2D eigenvalue weighted by atomic mass is 10.2. The molecule has 1 heterocycles. The van der Waals surface area contributed by atoms with Gasteiger partial charge in [-0.05, 0) is 42.0 Å². The van der Waals surface area contributed by atoms with Crippen molar-refractivity contribution in [2.75, 3.05) is 21.2 Å². The normalized spacial score (nSPS) is 15.8. The summed E-state index contributed by atoms with van der Waals surface area (Å²) in [6.45, 7) is 0. The predicted molar refractivity (Wildman–Crippen MR) is 101 cm³/mol. The second-order valence-electron chi connectivity index (χ2n) is 5.92. The molecule has 7 nitrogen and oxygen atoms in total. The van der Waals surface area contributed by atoms with Crippen LogP contribution < -0.4 is 4.74 Å². The fraction of sp³-hybridized carbons (Fsp3) is 0.158. The Balaban J connectivity index is 1.93. The van der Waals surface area contributed by atoms with E-state index in [9.17, 15) is 13.2 Å². The molecule has 0 N–H and O–H groups in total. The lowest BCUT2D eigenvalue weighted by Crippen LogP contribution is -2.22. The minimum Gasteiger partial charge on any atom is -0.497 e. The number of nitrogens with zero attached hydrogens (tertiary/aromatic N) is 2. The maximum Gasteiger partial charge on any atom is 0.363 e. The number of aliphatic imine (C=N–C) groups is 1. The minimum absolute atomic E-state index is 0.0653. The number of methoxy groups -OCH3 is 1. The highest BCUT2D eigenvalue weighted by atomic mass is 32.2. The van der Waals surface area contributed by atoms with Gasteiger partial charge in [0.1, 0.15) is 5.75 Å². The van der Waals surface area contributed by atoms with E-state index in [1.807, 2.05) is 0 Å². The van der Waals surface area contributed by atoms with Crippen molar-refractivity contribution in [1.82, 2.24) is 4.31 Å². The molecule has 8 heteroatoms. The summed E-state index contributed by atoms with van der Waals surface area (Å²) in [4.78, 5) is 16.4. The zero-order valence-electron chi connectivity index (χ0n) is 15.0. The first-order chi connectivity index (χ1) is 12.8. The second kappa shape index (κ2) is 7.34. The number of esters is 1. The van der Waals surface area contributed by atoms with Gasteiger partial charge in [0.2, 0.25) is 15.9 Å². The summed E-state index contributed by atoms with van der Waals surface area (Å²) < 4.78 is 36.0. The number of cyclic esters (lactones) is 1. The Morgan fingerprint density at radius 3 is 2.44 bits per heavy atom. The van der Waals surface area contributed by atoms with E-state index in [-0.39, 0.29) is 16.5 Å². The van der Waals surface area contributed by atoms with E-state index in [1.54, 1.807) is 49.6 Å². The van der Waals surface area contributed by atoms with Gasteiger partial charge in [0.25, 0.3) is 0 Å². The molecule has 0 amide bonds. The SMILES string of the molecule is COc1ccc(/C=C2\N=C(c3cccc(S(=O)(=O)N(C)C)c3)OC2=O)cc1. The smallest absolute Gasteiger partial charge is 0.363 e. The molecular formula is C19H18N2O5S. The summed E-state index contributed by atoms with van der Waals surface area (Å²) in [6, 6.07) is 13.2. The third-order valence-electron chi connectivity index (χ3n) is 3.90. The Morgan fingerprint density at radius 2 is 1.81 bits per heavy atom. The van der Waals surface area contributed by atoms with Crippen molar-refractivity contribution in [3.63, 3.8) is 0 Å². The lowest BCUT2D eigenvalue weighted by molar-refractivity contribution is -0.129. The fourth-order valence-electron chi connectivity index (χ4n) is 2.39. The molecule has 0 saturated carbocycles. The lowest BCUT2D eigenvalue weighted by Gasteiger charge is -2.11. The van der Waals surface area contributed by atoms with Crippen molar-refractivity contribution < 1.29 is 22.7 Å². The standard InChI is InChI=1S/C19H18N2O5S/c1-21(2)27(23,24)16-6-4-5-14(12-16)18-20-17(19(22)26-18)11-13-7-9-15(25-3)10-8-13/h4-12H,1-3H3/b17-11-. The number of hydrogen-bond donors (Lipinski definition) is 0. The average Bonchev–Trinajstić information content (AvgIpc) is 3.03. The molecule has 1 aliphatic heterocycles. The Morgan fingerprint density at radius 1 is 1.11 bits per heavy atom. The monoisotopic (exact) mass is 386 g/mol. The number of ether oxygens (including phenoxy) is 2. The highest BCUT2D eigenvalue weighted by molar-refractivity contribution is 7.89. The van der Waals surface area contributed by atoms with Gasteiger partial charge in [-0.25, -0.2) is 22.5 Å². The quantitative estimate of drug-likeness (QED) is 0.581. The molecule has 0 aliphatic carbocycles. The topological polar surface area (TPSA) is 85.3 Å². The van der Waals surface area contributed by atoms with Crippen LogP contribution in [0.25, 0.3) is 6.08 Å². The van der Waals surface area contributed by atoms with Crippen molar-refractivity contribution in [3.8, 4) is 5.75 Å². The van der Waals surface area contributed by atoms with Gasteiger partial charge in [0, 0.05) is 19.7 Å². The maximum absolute atomic E-state index is 12.3. The van der Waals surface area contributed by atoms with Crippen LogP contribution in [0.5, 0.6) is 5.75 Å². The van der Waals surface area contributed by atoms with Gasteiger partial charge in [-0.3, -0.25) is 0 Å². The van der Waals surface area contributed by atoms with E-state index < -0.39 is 16.0 Å². The minimum atomic E-state index is -3.60. The Hall–Kier alpha value is -2.97. The summed E-state index contributed by atoms with van der Waals surface area (Å²) in [5, 5.41) is 0. The molecule has 0 bridgehead atoms. The average molecular weight is 386 g/mol. The Kier molecular flexibility index (Phi) is 5.11. The largest absolute Gasteiger partial charge is 0.497 e. The Labute approximate surface area is 157 Å². The molecule has 0 unspecified atom stereocenters. The van der Waals surface area contributed by atoms with Gasteiger partial charge in [-0.15, -0.1) is 0 Å². The molecular weight excluding hydrogens is 368 g/mol. The first-order valence-electron chi connectivity index (χ1n) is 8.01. The highest BCUT2D eigenvalue weighted by Crippen LogP contribution is 2.22. The molecule has 2 aromatic carbocycles. The number of carbonyl (C=O) groups excluding carboxylic acids is 1. The van der Waals surface area contributed by atoms with E-state index in [2.05, 4.69) is 4.99 Å². The van der Waals surface area contributed by atoms with Crippen LogP contribution in [0.3, 0.4) is 0 Å². The summed E-state index contributed by atoms with van der Waals surface area (Å²) in [5.41, 5.74) is 1.30. The van der Waals surface area contributed by atoms with E-state index >= 15 is 0 Å². The third kappa shape index (κ3) is 3.91. The molecule has 27 heavy (non-hydrogen) atoms. The summed E-state index contributed by atoms with van der Waals surface area (Å²) in [6.07, 6.45) is 1.59. The molecule has 2 aromatic rings. The molecule has 3 rings (SSSR count). The van der Waals surface area contributed by atoms with Crippen molar-refractivity contribution in [1.29, 1.82) is 0 Å². The number of carbonyl (C=O) groups is 1. The number of sulfonamides is 1. The zero-order chi connectivity index (χ0) is 19.6. The molecule has 140 valence electrons. The molecule has 0 saturated heterocycles. The van der Waals surface area contributed by atoms with Crippen LogP contribution >= 0.6 is 0 Å². The fourth-order valence-corrected chi connectivity index (χ4v) is 3.34. The van der Waals surface area contributed by atoms with Crippen LogP contribution in [0.1, 0.15) is 11.1 Å². The molecule has 0 radical (unpaired) electrons. The van der Waals surface area contributed by atoms with Crippen LogP contribution in [0.15, 0.2) is 64.1 Å². The zero-order valence-corrected chi connectivity index (χ0v) is 15.9. The summed E-state index contributed by atoms with van der Waals surface area (Å²) in [5.74, 6) is 0.173. The number of hydrogen-bond acceptors (Lipinski definition) is 6. The van der Waals surface area contributed by atoms with Crippen LogP contribution in [0, 0.1) is 0 Å². The van der Waals surface area contributed by atoms with Gasteiger partial charge in [0.05, 0.1) is 12.0 Å². The summed E-state index contributed by atoms with van der Waals surface area (Å²) in [7, 11) is 0.871. The van der Waals surface area contributed by atoms with Crippen LogP contribution in [-0.2, 0) is 19.6 Å². The Bertz CT molecular complexity index is 1040. The summed E-state index contributed by atoms with van der Waals surface area (Å²) >= 11 is 0. The van der Waals surface area contributed by atoms with E-state index in [1.165, 1.54) is 26.2 Å². The highest BCUT2D eigenvalue weighted by Gasteiger charge is 2.26. The van der Waals surface area contributed by atoms with Crippen molar-refractivity contribution in [2.45, 2.75) is 4.90 Å². The third-order valence-corrected chi connectivity index (χ3v) is 5.71. The molecule has 0 fully saturated rings. The molecule has 0 atom stereocenters. The van der Waals surface area contributed by atoms with E-state index in [0.29, 0.717) is 11.3 Å². The second-order valence-corrected chi connectivity index (χ2v) is 8.08. The first kappa shape index (κ1) is 18.8. The first-order valence-corrected chi connectivity index (χ1v) is 9.45. The van der Waals surface area contributed by atoms with E-state index in [0.717, 1.165) is 9.87 Å². The molecule has 0 spiro atoms. The van der Waals surface area contributed by atoms with Crippen molar-refractivity contribution in [2.24, 2.45) is 4.99 Å². The number of rotatable bonds is 5. The van der Waals surface area contributed by atoms with Crippen LogP contribution in [0.2, 0.25) is 0 Å². The van der Waals surface area contributed by atoms with Gasteiger partial charge in [-0.2, -0.15) is 0 Å². The predicted octanol–water partition coefficient (Wildman–Crippen LogP) is 2.29. The van der Waals surface area contributed by atoms with E-state index in [4.69, 9.17) is 9.47 Å². The molecule has 1 aliphatic rings. The number of benzene rings is 2. The van der Waals surface area contributed by atoms with Gasteiger partial charge < -0.3 is 9.47 Å². The van der Waals surface area contributed by atoms with Crippen LogP contribution in [0.4, 0.5) is 0 Å². The van der Waals surface area contributed by atoms with Crippen LogP contribution in [-0.4, -0.2) is 45.8 Å².